The highest BCUT2D eigenvalue weighted by Gasteiger charge is 2.24. The Morgan fingerprint density at radius 2 is 2.17 bits per heavy atom. The van der Waals surface area contributed by atoms with Crippen molar-refractivity contribution in [3.05, 3.63) is 30.3 Å². The molecular weight excluding hydrogens is 226 g/mol. The van der Waals surface area contributed by atoms with Crippen molar-refractivity contribution in [2.24, 2.45) is 0 Å². The molecule has 1 amide bonds. The largest absolute Gasteiger partial charge is 0.494 e. The molecule has 1 atom stereocenters. The molecule has 1 aliphatic heterocycles. The number of ether oxygens (including phenoxy) is 1. The highest BCUT2D eigenvalue weighted by molar-refractivity contribution is 5.76. The van der Waals surface area contributed by atoms with Gasteiger partial charge in [-0.2, -0.15) is 0 Å². The maximum absolute atomic E-state index is 11.9. The van der Waals surface area contributed by atoms with Crippen molar-refractivity contribution in [2.75, 3.05) is 13.2 Å². The van der Waals surface area contributed by atoms with Gasteiger partial charge in [0.1, 0.15) is 5.75 Å². The number of nitrogens with zero attached hydrogens (tertiary/aromatic N) is 1. The second-order valence-corrected chi connectivity index (χ2v) is 4.84. The lowest BCUT2D eigenvalue weighted by Gasteiger charge is -2.21. The summed E-state index contributed by atoms with van der Waals surface area (Å²) in [7, 11) is 0. The van der Waals surface area contributed by atoms with E-state index < -0.39 is 0 Å². The van der Waals surface area contributed by atoms with Gasteiger partial charge < -0.3 is 9.64 Å². The predicted octanol–water partition coefficient (Wildman–Crippen LogP) is 2.86. The fourth-order valence-corrected chi connectivity index (χ4v) is 2.38. The van der Waals surface area contributed by atoms with Crippen LogP contribution >= 0.6 is 0 Å². The van der Waals surface area contributed by atoms with Crippen molar-refractivity contribution in [3.63, 3.8) is 0 Å². The lowest BCUT2D eigenvalue weighted by molar-refractivity contribution is -0.131. The zero-order chi connectivity index (χ0) is 12.8. The molecule has 1 heterocycles. The second kappa shape index (κ2) is 6.43. The summed E-state index contributed by atoms with van der Waals surface area (Å²) in [5, 5.41) is 0. The highest BCUT2D eigenvalue weighted by atomic mass is 16.5. The number of hydrogen-bond acceptors (Lipinski definition) is 2. The first-order chi connectivity index (χ1) is 8.77. The van der Waals surface area contributed by atoms with Gasteiger partial charge in [-0.1, -0.05) is 18.2 Å². The first kappa shape index (κ1) is 12.9. The molecule has 1 aromatic carbocycles. The van der Waals surface area contributed by atoms with E-state index >= 15 is 0 Å². The Hall–Kier alpha value is -1.51. The quantitative estimate of drug-likeness (QED) is 0.749. The van der Waals surface area contributed by atoms with Crippen molar-refractivity contribution in [2.45, 2.75) is 38.6 Å². The van der Waals surface area contributed by atoms with E-state index in [1.165, 1.54) is 0 Å². The zero-order valence-electron chi connectivity index (χ0n) is 11.0. The van der Waals surface area contributed by atoms with Crippen LogP contribution in [-0.2, 0) is 4.79 Å². The summed E-state index contributed by atoms with van der Waals surface area (Å²) in [5.74, 6) is 1.15. The van der Waals surface area contributed by atoms with E-state index in [1.54, 1.807) is 0 Å². The predicted molar refractivity (Wildman–Crippen MR) is 71.6 cm³/mol. The minimum absolute atomic E-state index is 0.275. The molecule has 1 fully saturated rings. The van der Waals surface area contributed by atoms with Gasteiger partial charge in [-0.25, -0.2) is 0 Å². The molecule has 1 aliphatic rings. The SMILES string of the molecule is CC1CCCN1C(=O)CCCOc1ccccc1. The van der Waals surface area contributed by atoms with Crippen LogP contribution in [0.2, 0.25) is 0 Å². The van der Waals surface area contributed by atoms with Crippen LogP contribution in [0.15, 0.2) is 30.3 Å². The normalized spacial score (nSPS) is 18.9. The Kier molecular flexibility index (Phi) is 4.62. The maximum atomic E-state index is 11.9. The average molecular weight is 247 g/mol. The van der Waals surface area contributed by atoms with Gasteiger partial charge in [-0.3, -0.25) is 4.79 Å². The van der Waals surface area contributed by atoms with Crippen molar-refractivity contribution < 1.29 is 9.53 Å². The number of likely N-dealkylation sites (tertiary alicyclic amines) is 1. The lowest BCUT2D eigenvalue weighted by Crippen LogP contribution is -2.33. The lowest BCUT2D eigenvalue weighted by atomic mass is 10.2. The van der Waals surface area contributed by atoms with Crippen molar-refractivity contribution in [1.29, 1.82) is 0 Å². The molecule has 2 rings (SSSR count). The molecule has 18 heavy (non-hydrogen) atoms. The Balaban J connectivity index is 1.65. The first-order valence-electron chi connectivity index (χ1n) is 6.74. The highest BCUT2D eigenvalue weighted by Crippen LogP contribution is 2.18. The standard InChI is InChI=1S/C15H21NO2/c1-13-7-5-11-16(13)15(17)10-6-12-18-14-8-3-2-4-9-14/h2-4,8-9,13H,5-7,10-12H2,1H3. The van der Waals surface area contributed by atoms with E-state index in [1.807, 2.05) is 35.2 Å². The van der Waals surface area contributed by atoms with E-state index in [-0.39, 0.29) is 5.91 Å². The summed E-state index contributed by atoms with van der Waals surface area (Å²) in [6, 6.07) is 10.2. The number of para-hydroxylation sites is 1. The molecule has 0 radical (unpaired) electrons. The first-order valence-corrected chi connectivity index (χ1v) is 6.74. The van der Waals surface area contributed by atoms with Crippen LogP contribution in [0.25, 0.3) is 0 Å². The molecule has 0 aromatic heterocycles. The van der Waals surface area contributed by atoms with Gasteiger partial charge in [0.05, 0.1) is 6.61 Å². The minimum atomic E-state index is 0.275. The molecule has 0 aliphatic carbocycles. The van der Waals surface area contributed by atoms with Gasteiger partial charge in [0.15, 0.2) is 0 Å². The molecule has 0 N–H and O–H groups in total. The summed E-state index contributed by atoms with van der Waals surface area (Å²) >= 11 is 0. The third kappa shape index (κ3) is 3.49. The molecule has 0 spiro atoms. The smallest absolute Gasteiger partial charge is 0.222 e. The Morgan fingerprint density at radius 3 is 2.83 bits per heavy atom. The van der Waals surface area contributed by atoms with Crippen LogP contribution in [0, 0.1) is 0 Å². The van der Waals surface area contributed by atoms with Gasteiger partial charge in [-0.15, -0.1) is 0 Å². The van der Waals surface area contributed by atoms with Crippen LogP contribution in [0.5, 0.6) is 5.75 Å². The molecule has 1 saturated heterocycles. The summed E-state index contributed by atoms with van der Waals surface area (Å²) < 4.78 is 5.58. The van der Waals surface area contributed by atoms with Crippen LogP contribution in [0.3, 0.4) is 0 Å². The maximum Gasteiger partial charge on any atom is 0.222 e. The molecule has 3 heteroatoms. The fraction of sp³-hybridized carbons (Fsp3) is 0.533. The molecule has 98 valence electrons. The second-order valence-electron chi connectivity index (χ2n) is 4.84. The molecule has 1 aromatic rings. The minimum Gasteiger partial charge on any atom is -0.494 e. The van der Waals surface area contributed by atoms with Gasteiger partial charge in [0.2, 0.25) is 5.91 Å². The van der Waals surface area contributed by atoms with Crippen LogP contribution in [0.4, 0.5) is 0 Å². The Labute approximate surface area is 109 Å². The van der Waals surface area contributed by atoms with Gasteiger partial charge in [0.25, 0.3) is 0 Å². The average Bonchev–Trinajstić information content (AvgIpc) is 2.82. The third-order valence-electron chi connectivity index (χ3n) is 3.42. The summed E-state index contributed by atoms with van der Waals surface area (Å²) in [5.41, 5.74) is 0. The van der Waals surface area contributed by atoms with Crippen LogP contribution in [0.1, 0.15) is 32.6 Å². The fourth-order valence-electron chi connectivity index (χ4n) is 2.38. The molecule has 1 unspecified atom stereocenters. The van der Waals surface area contributed by atoms with E-state index in [4.69, 9.17) is 4.74 Å². The van der Waals surface area contributed by atoms with Crippen molar-refractivity contribution >= 4 is 5.91 Å². The van der Waals surface area contributed by atoms with Crippen LogP contribution in [-0.4, -0.2) is 30.0 Å². The van der Waals surface area contributed by atoms with Gasteiger partial charge in [-0.05, 0) is 38.3 Å². The van der Waals surface area contributed by atoms with Crippen molar-refractivity contribution in [1.82, 2.24) is 4.90 Å². The zero-order valence-corrected chi connectivity index (χ0v) is 11.0. The van der Waals surface area contributed by atoms with E-state index in [0.717, 1.165) is 31.6 Å². The molecular formula is C15H21NO2. The van der Waals surface area contributed by atoms with E-state index in [0.29, 0.717) is 19.1 Å². The van der Waals surface area contributed by atoms with Crippen molar-refractivity contribution in [3.8, 4) is 5.75 Å². The molecule has 0 bridgehead atoms. The Bertz CT molecular complexity index is 377. The number of hydrogen-bond donors (Lipinski definition) is 0. The third-order valence-corrected chi connectivity index (χ3v) is 3.42. The van der Waals surface area contributed by atoms with Crippen LogP contribution < -0.4 is 4.74 Å². The molecule has 3 nitrogen and oxygen atoms in total. The number of carbonyl (C=O) groups excluding carboxylic acids is 1. The topological polar surface area (TPSA) is 29.5 Å². The van der Waals surface area contributed by atoms with E-state index in [9.17, 15) is 4.79 Å². The summed E-state index contributed by atoms with van der Waals surface area (Å²) in [6.45, 7) is 3.67. The molecule has 0 saturated carbocycles. The van der Waals surface area contributed by atoms with Gasteiger partial charge >= 0.3 is 0 Å². The Morgan fingerprint density at radius 1 is 1.39 bits per heavy atom. The number of rotatable bonds is 5. The summed E-state index contributed by atoms with van der Waals surface area (Å²) in [4.78, 5) is 13.9. The number of amides is 1. The summed E-state index contributed by atoms with van der Waals surface area (Å²) in [6.07, 6.45) is 3.67. The monoisotopic (exact) mass is 247 g/mol. The number of carbonyl (C=O) groups is 1. The van der Waals surface area contributed by atoms with Gasteiger partial charge in [0, 0.05) is 19.0 Å². The number of benzene rings is 1. The van der Waals surface area contributed by atoms with E-state index in [2.05, 4.69) is 6.92 Å².